The number of rotatable bonds is 7. The molecule has 0 fully saturated rings. The van der Waals surface area contributed by atoms with Crippen molar-refractivity contribution < 1.29 is 44.6 Å². The van der Waals surface area contributed by atoms with Crippen molar-refractivity contribution in [1.29, 1.82) is 0 Å². The van der Waals surface area contributed by atoms with Gasteiger partial charge in [0.2, 0.25) is 0 Å². The van der Waals surface area contributed by atoms with Crippen molar-refractivity contribution in [3.8, 4) is 0 Å². The van der Waals surface area contributed by atoms with Crippen molar-refractivity contribution >= 4 is 7.32 Å². The molecule has 0 aliphatic rings. The largest absolute Gasteiger partial charge is 0.631 e. The van der Waals surface area contributed by atoms with Crippen molar-refractivity contribution in [1.82, 2.24) is 0 Å². The maximum absolute atomic E-state index is 8.44. The summed E-state index contributed by atoms with van der Waals surface area (Å²) < 4.78 is 14.0. The van der Waals surface area contributed by atoms with E-state index in [1.165, 1.54) is 0 Å². The molecule has 16 heavy (non-hydrogen) atoms. The molecule has 0 spiro atoms. The first kappa shape index (κ1) is 18.1. The lowest BCUT2D eigenvalue weighted by Gasteiger charge is -2.29. The van der Waals surface area contributed by atoms with E-state index < -0.39 is 33.7 Å². The molecule has 0 unspecified atom stereocenters. The molecular formula is C6H17BO9. The monoisotopic (exact) mass is 244 g/mol. The van der Waals surface area contributed by atoms with Crippen LogP contribution in [-0.2, 0) is 14.2 Å². The number of aliphatic hydroxyl groups is 3. The van der Waals surface area contributed by atoms with E-state index in [9.17, 15) is 0 Å². The summed E-state index contributed by atoms with van der Waals surface area (Å²) in [5.74, 6) is -1.56. The maximum atomic E-state index is 8.44. The third-order valence-corrected chi connectivity index (χ3v) is 1.29. The van der Waals surface area contributed by atoms with Crippen LogP contribution in [0.5, 0.6) is 0 Å². The van der Waals surface area contributed by atoms with Gasteiger partial charge in [0.25, 0.3) is 5.97 Å². The van der Waals surface area contributed by atoms with E-state index in [0.29, 0.717) is 0 Å². The van der Waals surface area contributed by atoms with E-state index in [4.69, 9.17) is 30.4 Å². The molecule has 0 saturated heterocycles. The van der Waals surface area contributed by atoms with Crippen LogP contribution < -0.4 is 0 Å². The topological polar surface area (TPSA) is 149 Å². The van der Waals surface area contributed by atoms with Crippen LogP contribution in [0.1, 0.15) is 13.3 Å². The van der Waals surface area contributed by atoms with Gasteiger partial charge in [-0.2, -0.15) is 0 Å². The van der Waals surface area contributed by atoms with Gasteiger partial charge in [0, 0.05) is 6.42 Å². The van der Waals surface area contributed by atoms with Gasteiger partial charge < -0.3 is 44.6 Å². The Hall–Kier alpha value is -0.295. The minimum atomic E-state index is -2.17. The van der Waals surface area contributed by atoms with Crippen LogP contribution in [0.25, 0.3) is 0 Å². The Morgan fingerprint density at radius 2 is 1.12 bits per heavy atom. The van der Waals surface area contributed by atoms with Gasteiger partial charge >= 0.3 is 7.32 Å². The molecule has 0 bridgehead atoms. The zero-order valence-electron chi connectivity index (χ0n) is 8.81. The molecule has 6 N–H and O–H groups in total. The van der Waals surface area contributed by atoms with Crippen molar-refractivity contribution in [2.45, 2.75) is 19.3 Å². The standard InChI is InChI=1S/C6H14O6.BH3O3/c1-2-6(10-3-7,11-4-8)12-5-9;2-1(3)4/h7-9H,2-5H2,1H3;2-4H. The molecule has 0 amide bonds. The van der Waals surface area contributed by atoms with Gasteiger partial charge in [0.05, 0.1) is 0 Å². The molecule has 0 atom stereocenters. The van der Waals surface area contributed by atoms with Crippen LogP contribution in [0.2, 0.25) is 0 Å². The third-order valence-electron chi connectivity index (χ3n) is 1.29. The van der Waals surface area contributed by atoms with Crippen LogP contribution in [0.4, 0.5) is 0 Å². The van der Waals surface area contributed by atoms with Gasteiger partial charge in [0.1, 0.15) is 20.4 Å². The summed E-state index contributed by atoms with van der Waals surface area (Å²) >= 11 is 0. The zero-order chi connectivity index (χ0) is 13.0. The van der Waals surface area contributed by atoms with Crippen LogP contribution in [-0.4, -0.2) is 64.1 Å². The normalized spacial score (nSPS) is 10.7. The highest BCUT2D eigenvalue weighted by Crippen LogP contribution is 2.18. The molecular weight excluding hydrogens is 227 g/mol. The lowest BCUT2D eigenvalue weighted by Crippen LogP contribution is -2.39. The van der Waals surface area contributed by atoms with E-state index >= 15 is 0 Å². The fourth-order valence-electron chi connectivity index (χ4n) is 0.726. The summed E-state index contributed by atoms with van der Waals surface area (Å²) in [5, 5.41) is 46.8. The quantitative estimate of drug-likeness (QED) is 0.202. The van der Waals surface area contributed by atoms with Crippen molar-refractivity contribution in [3.63, 3.8) is 0 Å². The van der Waals surface area contributed by atoms with Crippen molar-refractivity contribution in [2.24, 2.45) is 0 Å². The van der Waals surface area contributed by atoms with Gasteiger partial charge in [0.15, 0.2) is 0 Å². The number of aliphatic hydroxyl groups excluding tert-OH is 3. The molecule has 0 rings (SSSR count). The first-order chi connectivity index (χ1) is 7.47. The van der Waals surface area contributed by atoms with E-state index in [0.717, 1.165) is 0 Å². The van der Waals surface area contributed by atoms with Crippen molar-refractivity contribution in [2.75, 3.05) is 20.4 Å². The van der Waals surface area contributed by atoms with Gasteiger partial charge in [-0.15, -0.1) is 0 Å². The van der Waals surface area contributed by atoms with Gasteiger partial charge in [-0.1, -0.05) is 6.92 Å². The fourth-order valence-corrected chi connectivity index (χ4v) is 0.726. The summed E-state index contributed by atoms with van der Waals surface area (Å²) in [5.41, 5.74) is 0. The maximum Gasteiger partial charge on any atom is 0.631 e. The first-order valence-electron chi connectivity index (χ1n) is 4.26. The lowest BCUT2D eigenvalue weighted by atomic mass is 10.3. The number of ether oxygens (including phenoxy) is 3. The Kier molecular flexibility index (Phi) is 12.7. The Morgan fingerprint density at radius 3 is 1.25 bits per heavy atom. The highest BCUT2D eigenvalue weighted by atomic mass is 16.9. The molecule has 0 aliphatic carbocycles. The van der Waals surface area contributed by atoms with Crippen molar-refractivity contribution in [3.05, 3.63) is 0 Å². The highest BCUT2D eigenvalue weighted by Gasteiger charge is 2.31. The summed E-state index contributed by atoms with van der Waals surface area (Å²) in [7, 11) is -2.17. The van der Waals surface area contributed by atoms with Gasteiger partial charge in [-0.25, -0.2) is 0 Å². The first-order valence-corrected chi connectivity index (χ1v) is 4.26. The second kappa shape index (κ2) is 11.2. The van der Waals surface area contributed by atoms with Crippen LogP contribution in [0, 0.1) is 0 Å². The van der Waals surface area contributed by atoms with Crippen LogP contribution in [0.15, 0.2) is 0 Å². The SMILES string of the molecule is CCC(OCO)(OCO)OCO.OB(O)O. The molecule has 0 heterocycles. The molecule has 0 aromatic carbocycles. The van der Waals surface area contributed by atoms with Crippen LogP contribution >= 0.6 is 0 Å². The molecule has 0 aliphatic heterocycles. The molecule has 0 aromatic heterocycles. The van der Waals surface area contributed by atoms with E-state index in [2.05, 4.69) is 14.2 Å². The molecule has 0 saturated carbocycles. The summed E-state index contributed by atoms with van der Waals surface area (Å²) in [6.45, 7) is -0.198. The predicted octanol–water partition coefficient (Wildman–Crippen LogP) is -3.10. The number of hydrogen-bond acceptors (Lipinski definition) is 9. The average Bonchev–Trinajstić information content (AvgIpc) is 2.18. The Morgan fingerprint density at radius 1 is 0.875 bits per heavy atom. The van der Waals surface area contributed by atoms with E-state index in [1.807, 2.05) is 0 Å². The summed E-state index contributed by atoms with van der Waals surface area (Å²) in [6.07, 6.45) is 0.231. The average molecular weight is 244 g/mol. The highest BCUT2D eigenvalue weighted by molar-refractivity contribution is 6.30. The third kappa shape index (κ3) is 10.2. The Bertz CT molecular complexity index is 124. The van der Waals surface area contributed by atoms with E-state index in [1.54, 1.807) is 6.92 Å². The Balaban J connectivity index is 0. The van der Waals surface area contributed by atoms with Gasteiger partial charge in [-0.3, -0.25) is 0 Å². The second-order valence-electron chi connectivity index (χ2n) is 2.20. The minimum Gasteiger partial charge on any atom is -0.402 e. The zero-order valence-corrected chi connectivity index (χ0v) is 8.81. The van der Waals surface area contributed by atoms with Gasteiger partial charge in [-0.05, 0) is 0 Å². The minimum absolute atomic E-state index is 0.231. The summed E-state index contributed by atoms with van der Waals surface area (Å²) in [4.78, 5) is 0. The Labute approximate surface area is 92.6 Å². The lowest BCUT2D eigenvalue weighted by molar-refractivity contribution is -0.420. The molecule has 10 heteroatoms. The second-order valence-corrected chi connectivity index (χ2v) is 2.20. The van der Waals surface area contributed by atoms with E-state index in [-0.39, 0.29) is 6.42 Å². The molecule has 0 aromatic rings. The molecule has 98 valence electrons. The fraction of sp³-hybridized carbons (Fsp3) is 1.00. The molecule has 0 radical (unpaired) electrons. The number of hydrogen-bond donors (Lipinski definition) is 6. The molecule has 9 nitrogen and oxygen atoms in total. The predicted molar refractivity (Wildman–Crippen MR) is 49.9 cm³/mol. The van der Waals surface area contributed by atoms with Crippen LogP contribution in [0.3, 0.4) is 0 Å². The summed E-state index contributed by atoms with van der Waals surface area (Å²) in [6, 6.07) is 0. The smallest absolute Gasteiger partial charge is 0.402 e.